The Balaban J connectivity index is 2.31. The molecule has 0 aliphatic rings. The van der Waals surface area contributed by atoms with E-state index in [0.717, 1.165) is 18.1 Å². The molecule has 0 amide bonds. The van der Waals surface area contributed by atoms with Crippen LogP contribution in [-0.4, -0.2) is 12.8 Å². The molecule has 1 aromatic carbocycles. The molecule has 1 unspecified atom stereocenters. The molecule has 1 atom stereocenters. The number of hydrogen-bond acceptors (Lipinski definition) is 2. The average molecular weight is 310 g/mol. The van der Waals surface area contributed by atoms with Crippen LogP contribution < -0.4 is 5.30 Å². The van der Waals surface area contributed by atoms with Gasteiger partial charge < -0.3 is 4.52 Å². The second-order valence-electron chi connectivity index (χ2n) is 5.63. The molecular formula is C18H31O2P. The van der Waals surface area contributed by atoms with Gasteiger partial charge in [0.2, 0.25) is 7.37 Å². The van der Waals surface area contributed by atoms with Gasteiger partial charge in [-0.15, -0.1) is 0 Å². The van der Waals surface area contributed by atoms with Crippen molar-refractivity contribution in [3.8, 4) is 0 Å². The summed E-state index contributed by atoms with van der Waals surface area (Å²) < 4.78 is 18.6. The first-order valence-electron chi connectivity index (χ1n) is 8.52. The van der Waals surface area contributed by atoms with Crippen LogP contribution in [-0.2, 0) is 9.09 Å². The van der Waals surface area contributed by atoms with E-state index in [1.807, 2.05) is 37.3 Å². The van der Waals surface area contributed by atoms with Gasteiger partial charge in [0.15, 0.2) is 0 Å². The number of rotatable bonds is 12. The SMILES string of the molecule is CCCCCCCCCCP(=O)(OCC)c1ccccc1. The highest BCUT2D eigenvalue weighted by molar-refractivity contribution is 7.67. The minimum Gasteiger partial charge on any atom is -0.326 e. The van der Waals surface area contributed by atoms with Gasteiger partial charge in [0, 0.05) is 11.5 Å². The van der Waals surface area contributed by atoms with E-state index >= 15 is 0 Å². The lowest BCUT2D eigenvalue weighted by molar-refractivity contribution is 0.339. The molecule has 0 aliphatic carbocycles. The lowest BCUT2D eigenvalue weighted by Crippen LogP contribution is -2.10. The highest BCUT2D eigenvalue weighted by Crippen LogP contribution is 2.46. The Morgan fingerprint density at radius 2 is 1.43 bits per heavy atom. The van der Waals surface area contributed by atoms with Crippen molar-refractivity contribution in [2.24, 2.45) is 0 Å². The fourth-order valence-electron chi connectivity index (χ4n) is 2.59. The second kappa shape index (κ2) is 11.0. The summed E-state index contributed by atoms with van der Waals surface area (Å²) in [6.45, 7) is 4.68. The van der Waals surface area contributed by atoms with Gasteiger partial charge in [-0.3, -0.25) is 4.57 Å². The summed E-state index contributed by atoms with van der Waals surface area (Å²) in [6, 6.07) is 9.70. The number of benzene rings is 1. The summed E-state index contributed by atoms with van der Waals surface area (Å²) in [5.74, 6) is 0. The molecule has 2 nitrogen and oxygen atoms in total. The van der Waals surface area contributed by atoms with Crippen LogP contribution in [0, 0.1) is 0 Å². The summed E-state index contributed by atoms with van der Waals surface area (Å²) >= 11 is 0. The molecule has 0 bridgehead atoms. The first-order chi connectivity index (χ1) is 10.2. The molecule has 0 N–H and O–H groups in total. The Morgan fingerprint density at radius 3 is 2.00 bits per heavy atom. The van der Waals surface area contributed by atoms with Crippen molar-refractivity contribution in [1.82, 2.24) is 0 Å². The Hall–Kier alpha value is -0.590. The van der Waals surface area contributed by atoms with Crippen LogP contribution in [0.5, 0.6) is 0 Å². The van der Waals surface area contributed by atoms with E-state index in [1.165, 1.54) is 38.5 Å². The molecule has 0 aromatic heterocycles. The van der Waals surface area contributed by atoms with Crippen LogP contribution in [0.2, 0.25) is 0 Å². The predicted octanol–water partition coefficient (Wildman–Crippen LogP) is 5.77. The van der Waals surface area contributed by atoms with Crippen LogP contribution in [0.3, 0.4) is 0 Å². The smallest absolute Gasteiger partial charge is 0.232 e. The summed E-state index contributed by atoms with van der Waals surface area (Å²) in [6.07, 6.45) is 10.8. The zero-order valence-electron chi connectivity index (χ0n) is 13.7. The van der Waals surface area contributed by atoms with Gasteiger partial charge in [-0.1, -0.05) is 70.1 Å². The molecule has 0 aliphatic heterocycles. The van der Waals surface area contributed by atoms with Crippen molar-refractivity contribution in [3.05, 3.63) is 30.3 Å². The molecule has 0 saturated heterocycles. The van der Waals surface area contributed by atoms with Crippen LogP contribution in [0.1, 0.15) is 65.2 Å². The van der Waals surface area contributed by atoms with Gasteiger partial charge in [-0.25, -0.2) is 0 Å². The van der Waals surface area contributed by atoms with Crippen LogP contribution in [0.4, 0.5) is 0 Å². The van der Waals surface area contributed by atoms with E-state index in [4.69, 9.17) is 4.52 Å². The third-order valence-corrected chi connectivity index (χ3v) is 6.46. The number of hydrogen-bond donors (Lipinski definition) is 0. The molecule has 0 saturated carbocycles. The maximum atomic E-state index is 13.0. The van der Waals surface area contributed by atoms with E-state index in [1.54, 1.807) is 0 Å². The van der Waals surface area contributed by atoms with Crippen LogP contribution in [0.25, 0.3) is 0 Å². The van der Waals surface area contributed by atoms with E-state index in [2.05, 4.69) is 6.92 Å². The molecule has 3 heteroatoms. The molecule has 120 valence electrons. The third-order valence-electron chi connectivity index (χ3n) is 3.79. The normalized spacial score (nSPS) is 14.0. The standard InChI is InChI=1S/C18H31O2P/c1-3-5-6-7-8-9-10-14-17-21(19,20-4-2)18-15-12-11-13-16-18/h11-13,15-16H,3-10,14,17H2,1-2H3. The largest absolute Gasteiger partial charge is 0.326 e. The zero-order chi connectivity index (χ0) is 15.4. The molecular weight excluding hydrogens is 279 g/mol. The monoisotopic (exact) mass is 310 g/mol. The molecule has 0 fully saturated rings. The van der Waals surface area contributed by atoms with E-state index < -0.39 is 7.37 Å². The molecule has 21 heavy (non-hydrogen) atoms. The zero-order valence-corrected chi connectivity index (χ0v) is 14.6. The topological polar surface area (TPSA) is 26.3 Å². The maximum Gasteiger partial charge on any atom is 0.232 e. The van der Waals surface area contributed by atoms with E-state index in [0.29, 0.717) is 12.8 Å². The Bertz CT molecular complexity index is 403. The van der Waals surface area contributed by atoms with Crippen molar-refractivity contribution in [3.63, 3.8) is 0 Å². The Morgan fingerprint density at radius 1 is 0.857 bits per heavy atom. The number of unbranched alkanes of at least 4 members (excludes halogenated alkanes) is 7. The molecule has 0 radical (unpaired) electrons. The molecule has 1 aromatic rings. The third kappa shape index (κ3) is 7.29. The summed E-state index contributed by atoms with van der Waals surface area (Å²) in [5.41, 5.74) is 0. The van der Waals surface area contributed by atoms with Crippen molar-refractivity contribution >= 4 is 12.7 Å². The fraction of sp³-hybridized carbons (Fsp3) is 0.667. The van der Waals surface area contributed by atoms with Gasteiger partial charge in [0.1, 0.15) is 0 Å². The van der Waals surface area contributed by atoms with Gasteiger partial charge in [-0.2, -0.15) is 0 Å². The molecule has 0 spiro atoms. The minimum atomic E-state index is -2.64. The van der Waals surface area contributed by atoms with Crippen molar-refractivity contribution < 1.29 is 9.09 Å². The lowest BCUT2D eigenvalue weighted by atomic mass is 10.1. The minimum absolute atomic E-state index is 0.517. The van der Waals surface area contributed by atoms with Crippen molar-refractivity contribution in [2.45, 2.75) is 65.2 Å². The highest BCUT2D eigenvalue weighted by Gasteiger charge is 2.24. The summed E-state index contributed by atoms with van der Waals surface area (Å²) in [4.78, 5) is 0. The van der Waals surface area contributed by atoms with Gasteiger partial charge in [0.25, 0.3) is 0 Å². The fourth-order valence-corrected chi connectivity index (χ4v) is 4.81. The predicted molar refractivity (Wildman–Crippen MR) is 92.8 cm³/mol. The van der Waals surface area contributed by atoms with Crippen LogP contribution in [0.15, 0.2) is 30.3 Å². The molecule has 1 rings (SSSR count). The summed E-state index contributed by atoms with van der Waals surface area (Å²) in [5, 5.41) is 0.870. The summed E-state index contributed by atoms with van der Waals surface area (Å²) in [7, 11) is -2.64. The maximum absolute atomic E-state index is 13.0. The van der Waals surface area contributed by atoms with Gasteiger partial charge in [-0.05, 0) is 25.5 Å². The van der Waals surface area contributed by atoms with Crippen molar-refractivity contribution in [2.75, 3.05) is 12.8 Å². The lowest BCUT2D eigenvalue weighted by Gasteiger charge is -2.18. The first kappa shape index (κ1) is 18.5. The Labute approximate surface area is 130 Å². The average Bonchev–Trinajstić information content (AvgIpc) is 2.51. The van der Waals surface area contributed by atoms with Gasteiger partial charge >= 0.3 is 0 Å². The molecule has 0 heterocycles. The first-order valence-corrected chi connectivity index (χ1v) is 10.3. The second-order valence-corrected chi connectivity index (χ2v) is 8.19. The van der Waals surface area contributed by atoms with Gasteiger partial charge in [0.05, 0.1) is 6.61 Å². The highest BCUT2D eigenvalue weighted by atomic mass is 31.2. The van der Waals surface area contributed by atoms with Crippen molar-refractivity contribution in [1.29, 1.82) is 0 Å². The van der Waals surface area contributed by atoms with Crippen LogP contribution >= 0.6 is 7.37 Å². The van der Waals surface area contributed by atoms with E-state index in [-0.39, 0.29) is 0 Å². The quantitative estimate of drug-likeness (QED) is 0.362. The Kier molecular flexibility index (Phi) is 9.70. The van der Waals surface area contributed by atoms with E-state index in [9.17, 15) is 4.57 Å².